The summed E-state index contributed by atoms with van der Waals surface area (Å²) < 4.78 is 16.1. The second kappa shape index (κ2) is 6.35. The van der Waals surface area contributed by atoms with Crippen molar-refractivity contribution in [1.29, 1.82) is 0 Å². The first-order chi connectivity index (χ1) is 10.0. The number of nitrogens with one attached hydrogen (secondary N) is 1. The van der Waals surface area contributed by atoms with Gasteiger partial charge in [-0.2, -0.15) is 0 Å². The topological polar surface area (TPSA) is 56.8 Å². The summed E-state index contributed by atoms with van der Waals surface area (Å²) in [5, 5.41) is 3.35. The predicted molar refractivity (Wildman–Crippen MR) is 79.7 cm³/mol. The maximum atomic E-state index is 12.3. The molecule has 0 spiro atoms. The van der Waals surface area contributed by atoms with E-state index < -0.39 is 5.54 Å². The molecule has 2 atom stereocenters. The van der Waals surface area contributed by atoms with Gasteiger partial charge in [-0.3, -0.25) is 5.32 Å². The zero-order valence-electron chi connectivity index (χ0n) is 13.1. The lowest BCUT2D eigenvalue weighted by Crippen LogP contribution is -2.51. The summed E-state index contributed by atoms with van der Waals surface area (Å²) in [7, 11) is 1.40. The lowest BCUT2D eigenvalue weighted by Gasteiger charge is -2.32. The van der Waals surface area contributed by atoms with Crippen molar-refractivity contribution in [1.82, 2.24) is 5.32 Å². The molecule has 1 aromatic rings. The Bertz CT molecular complexity index is 517. The van der Waals surface area contributed by atoms with Crippen LogP contribution in [0.15, 0.2) is 18.2 Å². The third-order valence-corrected chi connectivity index (χ3v) is 3.86. The van der Waals surface area contributed by atoms with E-state index in [4.69, 9.17) is 14.2 Å². The van der Waals surface area contributed by atoms with Crippen molar-refractivity contribution in [2.24, 2.45) is 0 Å². The van der Waals surface area contributed by atoms with Crippen LogP contribution in [0.2, 0.25) is 0 Å². The molecular weight excluding hydrogens is 270 g/mol. The molecular formula is C16H23NO4. The molecule has 5 nitrogen and oxygen atoms in total. The minimum atomic E-state index is -0.917. The number of hydrogen-bond acceptors (Lipinski definition) is 5. The van der Waals surface area contributed by atoms with E-state index in [9.17, 15) is 4.79 Å². The molecule has 0 fully saturated rings. The smallest absolute Gasteiger partial charge is 0.330 e. The monoisotopic (exact) mass is 293 g/mol. The molecule has 0 saturated heterocycles. The van der Waals surface area contributed by atoms with Crippen LogP contribution in [-0.2, 0) is 15.1 Å². The van der Waals surface area contributed by atoms with Crippen molar-refractivity contribution in [3.05, 3.63) is 23.8 Å². The fourth-order valence-electron chi connectivity index (χ4n) is 2.41. The molecule has 1 N–H and O–H groups in total. The molecule has 1 aliphatic rings. The summed E-state index contributed by atoms with van der Waals surface area (Å²) in [6.07, 6.45) is 0.914. The fourth-order valence-corrected chi connectivity index (χ4v) is 2.41. The molecule has 21 heavy (non-hydrogen) atoms. The first-order valence-electron chi connectivity index (χ1n) is 7.27. The number of hydrogen-bond donors (Lipinski definition) is 1. The lowest BCUT2D eigenvalue weighted by atomic mass is 9.90. The Labute approximate surface area is 125 Å². The summed E-state index contributed by atoms with van der Waals surface area (Å²) in [6, 6.07) is 5.74. The Balaban J connectivity index is 2.38. The largest absolute Gasteiger partial charge is 0.486 e. The fraction of sp³-hybridized carbons (Fsp3) is 0.562. The highest BCUT2D eigenvalue weighted by molar-refractivity contribution is 5.82. The van der Waals surface area contributed by atoms with E-state index >= 15 is 0 Å². The molecule has 0 amide bonds. The first kappa shape index (κ1) is 15.6. The molecule has 0 aliphatic carbocycles. The van der Waals surface area contributed by atoms with Crippen molar-refractivity contribution in [2.45, 2.75) is 38.8 Å². The third-order valence-electron chi connectivity index (χ3n) is 3.86. The van der Waals surface area contributed by atoms with Crippen molar-refractivity contribution < 1.29 is 19.0 Å². The van der Waals surface area contributed by atoms with Gasteiger partial charge < -0.3 is 14.2 Å². The van der Waals surface area contributed by atoms with Crippen molar-refractivity contribution in [2.75, 3.05) is 20.3 Å². The van der Waals surface area contributed by atoms with Crippen molar-refractivity contribution in [3.63, 3.8) is 0 Å². The maximum absolute atomic E-state index is 12.3. The molecule has 0 saturated carbocycles. The van der Waals surface area contributed by atoms with Gasteiger partial charge in [-0.05, 0) is 38.0 Å². The molecule has 0 radical (unpaired) electrons. The van der Waals surface area contributed by atoms with Gasteiger partial charge in [-0.1, -0.05) is 13.0 Å². The highest BCUT2D eigenvalue weighted by Gasteiger charge is 2.38. The van der Waals surface area contributed by atoms with E-state index in [1.54, 1.807) is 0 Å². The molecule has 2 rings (SSSR count). The summed E-state index contributed by atoms with van der Waals surface area (Å²) in [5.74, 6) is 1.06. The highest BCUT2D eigenvalue weighted by Crippen LogP contribution is 2.35. The first-order valence-corrected chi connectivity index (χ1v) is 7.27. The second-order valence-electron chi connectivity index (χ2n) is 5.43. The Morgan fingerprint density at radius 2 is 2.05 bits per heavy atom. The van der Waals surface area contributed by atoms with Crippen LogP contribution in [0.3, 0.4) is 0 Å². The molecule has 1 heterocycles. The van der Waals surface area contributed by atoms with Crippen LogP contribution in [0.25, 0.3) is 0 Å². The van der Waals surface area contributed by atoms with E-state index in [2.05, 4.69) is 12.2 Å². The van der Waals surface area contributed by atoms with Crippen LogP contribution in [0.4, 0.5) is 0 Å². The Morgan fingerprint density at radius 3 is 2.67 bits per heavy atom. The molecule has 1 aliphatic heterocycles. The normalized spacial score (nSPS) is 17.7. The molecule has 1 aromatic carbocycles. The van der Waals surface area contributed by atoms with Gasteiger partial charge >= 0.3 is 5.97 Å². The zero-order chi connectivity index (χ0) is 15.5. The summed E-state index contributed by atoms with van der Waals surface area (Å²) in [5.41, 5.74) is -0.112. The van der Waals surface area contributed by atoms with Crippen LogP contribution < -0.4 is 14.8 Å². The van der Waals surface area contributed by atoms with Crippen molar-refractivity contribution >= 4 is 5.97 Å². The number of benzene rings is 1. The van der Waals surface area contributed by atoms with E-state index in [0.717, 1.165) is 12.0 Å². The quantitative estimate of drug-likeness (QED) is 0.844. The number of rotatable bonds is 5. The van der Waals surface area contributed by atoms with Crippen LogP contribution >= 0.6 is 0 Å². The van der Waals surface area contributed by atoms with E-state index in [-0.39, 0.29) is 12.0 Å². The summed E-state index contributed by atoms with van der Waals surface area (Å²) in [6.45, 7) is 7.00. The Hall–Kier alpha value is -1.75. The van der Waals surface area contributed by atoms with Gasteiger partial charge in [0.2, 0.25) is 0 Å². The lowest BCUT2D eigenvalue weighted by molar-refractivity contribution is -0.148. The average Bonchev–Trinajstić information content (AvgIpc) is 2.53. The van der Waals surface area contributed by atoms with Crippen LogP contribution in [0.5, 0.6) is 11.5 Å². The molecule has 0 bridgehead atoms. The van der Waals surface area contributed by atoms with Gasteiger partial charge in [-0.15, -0.1) is 0 Å². The SMILES string of the molecule is CCC(C)NC(C)(C(=O)OC)c1ccc2c(c1)OCCO2. The zero-order valence-corrected chi connectivity index (χ0v) is 13.1. The maximum Gasteiger partial charge on any atom is 0.330 e. The van der Waals surface area contributed by atoms with E-state index in [0.29, 0.717) is 24.7 Å². The summed E-state index contributed by atoms with van der Waals surface area (Å²) >= 11 is 0. The number of fused-ring (bicyclic) bond motifs is 1. The molecule has 5 heteroatoms. The van der Waals surface area contributed by atoms with Gasteiger partial charge in [0.25, 0.3) is 0 Å². The number of methoxy groups -OCH3 is 1. The molecule has 116 valence electrons. The van der Waals surface area contributed by atoms with Crippen LogP contribution in [0, 0.1) is 0 Å². The number of esters is 1. The van der Waals surface area contributed by atoms with Gasteiger partial charge in [0.05, 0.1) is 7.11 Å². The third kappa shape index (κ3) is 3.13. The summed E-state index contributed by atoms with van der Waals surface area (Å²) in [4.78, 5) is 12.3. The van der Waals surface area contributed by atoms with Crippen LogP contribution in [0.1, 0.15) is 32.8 Å². The number of carbonyl (C=O) groups excluding carboxylic acids is 1. The van der Waals surface area contributed by atoms with E-state index in [1.165, 1.54) is 7.11 Å². The number of carbonyl (C=O) groups is 1. The molecule has 0 aromatic heterocycles. The number of ether oxygens (including phenoxy) is 3. The minimum Gasteiger partial charge on any atom is -0.486 e. The van der Waals surface area contributed by atoms with Gasteiger partial charge in [-0.25, -0.2) is 4.79 Å². The Kier molecular flexibility index (Phi) is 4.73. The van der Waals surface area contributed by atoms with E-state index in [1.807, 2.05) is 32.0 Å². The van der Waals surface area contributed by atoms with Gasteiger partial charge in [0.15, 0.2) is 11.5 Å². The highest BCUT2D eigenvalue weighted by atomic mass is 16.6. The predicted octanol–water partition coefficient (Wildman–Crippen LogP) is 2.23. The Morgan fingerprint density at radius 1 is 1.38 bits per heavy atom. The average molecular weight is 293 g/mol. The molecule has 2 unspecified atom stereocenters. The standard InChI is InChI=1S/C16H23NO4/c1-5-11(2)17-16(3,15(18)19-4)12-6-7-13-14(10-12)21-9-8-20-13/h6-7,10-11,17H,5,8-9H2,1-4H3. The van der Waals surface area contributed by atoms with Crippen LogP contribution in [-0.4, -0.2) is 32.3 Å². The second-order valence-corrected chi connectivity index (χ2v) is 5.43. The van der Waals surface area contributed by atoms with Gasteiger partial charge in [0.1, 0.15) is 18.8 Å². The van der Waals surface area contributed by atoms with Gasteiger partial charge in [0, 0.05) is 6.04 Å². The minimum absolute atomic E-state index is 0.183. The van der Waals surface area contributed by atoms with Crippen molar-refractivity contribution in [3.8, 4) is 11.5 Å².